The van der Waals surface area contributed by atoms with Crippen molar-refractivity contribution < 1.29 is 13.2 Å². The lowest BCUT2D eigenvalue weighted by molar-refractivity contribution is -0.137. The summed E-state index contributed by atoms with van der Waals surface area (Å²) < 4.78 is 39.3. The Morgan fingerprint density at radius 1 is 0.818 bits per heavy atom. The maximum absolute atomic E-state index is 13.1. The molecule has 33 heavy (non-hydrogen) atoms. The van der Waals surface area contributed by atoms with E-state index in [2.05, 4.69) is 58.7 Å². The summed E-state index contributed by atoms with van der Waals surface area (Å²) in [5.41, 5.74) is 2.69. The molecule has 2 aliphatic rings. The summed E-state index contributed by atoms with van der Waals surface area (Å²) in [7, 11) is 0. The van der Waals surface area contributed by atoms with Gasteiger partial charge in [0.2, 0.25) is 0 Å². The van der Waals surface area contributed by atoms with Crippen LogP contribution in [0.15, 0.2) is 84.9 Å². The molecule has 3 aromatic carbocycles. The van der Waals surface area contributed by atoms with Crippen LogP contribution in [0.3, 0.4) is 0 Å². The zero-order chi connectivity index (χ0) is 22.8. The fraction of sp³-hybridized carbons (Fsp3) is 0.357. The monoisotopic (exact) mass is 450 g/mol. The Balaban J connectivity index is 1.29. The summed E-state index contributed by atoms with van der Waals surface area (Å²) in [6.45, 7) is 2.46. The molecule has 1 saturated heterocycles. The van der Waals surface area contributed by atoms with Gasteiger partial charge in [-0.1, -0.05) is 78.9 Å². The molecule has 0 spiro atoms. The van der Waals surface area contributed by atoms with E-state index in [1.165, 1.54) is 23.3 Å². The van der Waals surface area contributed by atoms with Gasteiger partial charge in [0.25, 0.3) is 0 Å². The van der Waals surface area contributed by atoms with Gasteiger partial charge in [0.15, 0.2) is 0 Å². The molecule has 0 aromatic heterocycles. The van der Waals surface area contributed by atoms with Crippen molar-refractivity contribution in [1.29, 1.82) is 0 Å². The predicted molar refractivity (Wildman–Crippen MR) is 125 cm³/mol. The molecule has 1 aliphatic heterocycles. The van der Waals surface area contributed by atoms with Crippen LogP contribution < -0.4 is 5.32 Å². The molecular weight excluding hydrogens is 421 g/mol. The van der Waals surface area contributed by atoms with Gasteiger partial charge in [-0.25, -0.2) is 0 Å². The van der Waals surface area contributed by atoms with Crippen LogP contribution >= 0.6 is 0 Å². The van der Waals surface area contributed by atoms with Crippen LogP contribution in [0.2, 0.25) is 0 Å². The van der Waals surface area contributed by atoms with Crippen molar-refractivity contribution in [2.24, 2.45) is 11.8 Å². The predicted octanol–water partition coefficient (Wildman–Crippen LogP) is 6.30. The normalized spacial score (nSPS) is 23.2. The van der Waals surface area contributed by atoms with Crippen LogP contribution in [0.4, 0.5) is 13.2 Å². The highest BCUT2D eigenvalue weighted by Crippen LogP contribution is 2.40. The molecule has 3 atom stereocenters. The second-order valence-electron chi connectivity index (χ2n) is 9.42. The molecular formula is C28H29F3N2. The molecule has 1 saturated carbocycles. The first-order valence-electron chi connectivity index (χ1n) is 11.7. The molecule has 1 heterocycles. The molecule has 1 N–H and O–H groups in total. The van der Waals surface area contributed by atoms with E-state index in [1.807, 2.05) is 12.1 Å². The summed E-state index contributed by atoms with van der Waals surface area (Å²) in [5, 5.41) is 3.96. The Bertz CT molecular complexity index is 1010. The largest absolute Gasteiger partial charge is 0.416 e. The second-order valence-corrected chi connectivity index (χ2v) is 9.42. The smallest absolute Gasteiger partial charge is 0.303 e. The summed E-state index contributed by atoms with van der Waals surface area (Å²) in [4.78, 5) is 2.33. The highest BCUT2D eigenvalue weighted by Gasteiger charge is 2.43. The summed E-state index contributed by atoms with van der Waals surface area (Å²) in [6.07, 6.45) is -1.99. The number of alkyl halides is 3. The van der Waals surface area contributed by atoms with Crippen molar-refractivity contribution in [3.05, 3.63) is 107 Å². The van der Waals surface area contributed by atoms with E-state index in [0.717, 1.165) is 37.6 Å². The Morgan fingerprint density at radius 2 is 1.48 bits per heavy atom. The number of nitrogens with zero attached hydrogens (tertiary/aromatic N) is 1. The molecule has 0 radical (unpaired) electrons. The number of rotatable bonds is 6. The van der Waals surface area contributed by atoms with Gasteiger partial charge in [-0.3, -0.25) is 4.90 Å². The lowest BCUT2D eigenvalue weighted by atomic mass is 9.94. The second kappa shape index (κ2) is 9.32. The molecule has 172 valence electrons. The fourth-order valence-corrected chi connectivity index (χ4v) is 5.69. The van der Waals surface area contributed by atoms with E-state index in [1.54, 1.807) is 6.07 Å². The van der Waals surface area contributed by atoms with E-state index >= 15 is 0 Å². The molecule has 1 unspecified atom stereocenters. The van der Waals surface area contributed by atoms with Gasteiger partial charge in [-0.15, -0.1) is 0 Å². The third-order valence-corrected chi connectivity index (χ3v) is 7.24. The number of fused-ring (bicyclic) bond motifs is 1. The average Bonchev–Trinajstić information content (AvgIpc) is 3.39. The van der Waals surface area contributed by atoms with Gasteiger partial charge in [-0.2, -0.15) is 13.2 Å². The van der Waals surface area contributed by atoms with Gasteiger partial charge in [-0.05, 0) is 47.4 Å². The van der Waals surface area contributed by atoms with E-state index < -0.39 is 11.7 Å². The van der Waals surface area contributed by atoms with Gasteiger partial charge in [0, 0.05) is 25.7 Å². The number of likely N-dealkylation sites (tertiary alicyclic amines) is 1. The number of hydrogen-bond acceptors (Lipinski definition) is 2. The number of nitrogens with one attached hydrogen (secondary N) is 1. The van der Waals surface area contributed by atoms with Crippen molar-refractivity contribution in [3.63, 3.8) is 0 Å². The summed E-state index contributed by atoms with van der Waals surface area (Å²) in [5.74, 6) is 1.12. The molecule has 0 amide bonds. The van der Waals surface area contributed by atoms with Gasteiger partial charge >= 0.3 is 6.18 Å². The van der Waals surface area contributed by atoms with Crippen molar-refractivity contribution in [2.45, 2.75) is 37.6 Å². The SMILES string of the molecule is FC(F)(F)c1cccc(CN2CC3[C@H](CC[C@@H]3NC(c3ccccc3)c3ccccc3)C2)c1. The maximum atomic E-state index is 13.1. The minimum absolute atomic E-state index is 0.133. The van der Waals surface area contributed by atoms with Gasteiger partial charge < -0.3 is 5.32 Å². The molecule has 5 heteroatoms. The first-order valence-corrected chi connectivity index (χ1v) is 11.7. The molecule has 5 rings (SSSR count). The van der Waals surface area contributed by atoms with Crippen LogP contribution in [0, 0.1) is 11.8 Å². The summed E-state index contributed by atoms with van der Waals surface area (Å²) in [6, 6.07) is 27.4. The quantitative estimate of drug-likeness (QED) is 0.474. The van der Waals surface area contributed by atoms with Crippen LogP contribution in [0.5, 0.6) is 0 Å². The average molecular weight is 451 g/mol. The highest BCUT2D eigenvalue weighted by molar-refractivity contribution is 5.32. The highest BCUT2D eigenvalue weighted by atomic mass is 19.4. The van der Waals surface area contributed by atoms with Crippen LogP contribution in [-0.4, -0.2) is 24.0 Å². The third-order valence-electron chi connectivity index (χ3n) is 7.24. The number of hydrogen-bond donors (Lipinski definition) is 1. The summed E-state index contributed by atoms with van der Waals surface area (Å²) >= 11 is 0. The fourth-order valence-electron chi connectivity index (χ4n) is 5.69. The van der Waals surface area contributed by atoms with Crippen LogP contribution in [-0.2, 0) is 12.7 Å². The van der Waals surface area contributed by atoms with Crippen molar-refractivity contribution in [3.8, 4) is 0 Å². The van der Waals surface area contributed by atoms with E-state index in [0.29, 0.717) is 24.4 Å². The van der Waals surface area contributed by atoms with Crippen molar-refractivity contribution in [1.82, 2.24) is 10.2 Å². The van der Waals surface area contributed by atoms with Crippen LogP contribution in [0.25, 0.3) is 0 Å². The van der Waals surface area contributed by atoms with Crippen molar-refractivity contribution in [2.75, 3.05) is 13.1 Å². The zero-order valence-corrected chi connectivity index (χ0v) is 18.5. The Kier molecular flexibility index (Phi) is 6.26. The molecule has 1 aliphatic carbocycles. The van der Waals surface area contributed by atoms with E-state index in [-0.39, 0.29) is 6.04 Å². The molecule has 3 aromatic rings. The first kappa shape index (κ1) is 22.2. The Hall–Kier alpha value is -2.63. The zero-order valence-electron chi connectivity index (χ0n) is 18.5. The van der Waals surface area contributed by atoms with Gasteiger partial charge in [0.05, 0.1) is 11.6 Å². The third kappa shape index (κ3) is 4.99. The number of halogens is 3. The van der Waals surface area contributed by atoms with Crippen molar-refractivity contribution >= 4 is 0 Å². The Morgan fingerprint density at radius 3 is 2.12 bits per heavy atom. The first-order chi connectivity index (χ1) is 16.0. The lowest BCUT2D eigenvalue weighted by Gasteiger charge is -2.28. The minimum Gasteiger partial charge on any atom is -0.303 e. The molecule has 0 bridgehead atoms. The van der Waals surface area contributed by atoms with E-state index in [9.17, 15) is 13.2 Å². The maximum Gasteiger partial charge on any atom is 0.416 e. The van der Waals surface area contributed by atoms with Crippen LogP contribution in [0.1, 0.15) is 41.1 Å². The minimum atomic E-state index is -4.30. The van der Waals surface area contributed by atoms with E-state index in [4.69, 9.17) is 0 Å². The molecule has 2 nitrogen and oxygen atoms in total. The standard InChI is InChI=1S/C28H29F3N2/c29-28(30,31)24-13-7-8-20(16-24)17-33-18-23-14-15-26(25(23)19-33)32-27(21-9-3-1-4-10-21)22-11-5-2-6-12-22/h1-13,16,23,25-27,32H,14-15,17-19H2/t23-,25?,26+/m1/s1. The Labute approximate surface area is 193 Å². The topological polar surface area (TPSA) is 15.3 Å². The number of benzene rings is 3. The molecule has 2 fully saturated rings. The lowest BCUT2D eigenvalue weighted by Crippen LogP contribution is -2.38. The van der Waals surface area contributed by atoms with Gasteiger partial charge in [0.1, 0.15) is 0 Å².